The van der Waals surface area contributed by atoms with Gasteiger partial charge in [0.15, 0.2) is 11.5 Å². The molecule has 1 unspecified atom stereocenters. The van der Waals surface area contributed by atoms with E-state index in [0.29, 0.717) is 65.0 Å². The van der Waals surface area contributed by atoms with Crippen molar-refractivity contribution in [3.05, 3.63) is 131 Å². The lowest BCUT2D eigenvalue weighted by molar-refractivity contribution is -0.136. The Morgan fingerprint density at radius 3 is 2.56 bits per heavy atom. The number of carbonyl (C=O) groups excluding carboxylic acids is 2. The van der Waals surface area contributed by atoms with Crippen molar-refractivity contribution in [3.63, 3.8) is 0 Å². The summed E-state index contributed by atoms with van der Waals surface area (Å²) in [5.74, 6) is 1.51. The Hall–Kier alpha value is -5.58. The van der Waals surface area contributed by atoms with Crippen LogP contribution in [-0.2, 0) is 27.7 Å². The van der Waals surface area contributed by atoms with Crippen molar-refractivity contribution in [2.24, 2.45) is 0 Å². The highest BCUT2D eigenvalue weighted by molar-refractivity contribution is 5.96. The summed E-state index contributed by atoms with van der Waals surface area (Å²) in [7, 11) is 1.61. The highest BCUT2D eigenvalue weighted by Crippen LogP contribution is 2.38. The molecule has 0 radical (unpaired) electrons. The van der Waals surface area contributed by atoms with Crippen LogP contribution in [0.5, 0.6) is 11.5 Å². The molecule has 260 valence electrons. The summed E-state index contributed by atoms with van der Waals surface area (Å²) in [6, 6.07) is 18.2. The van der Waals surface area contributed by atoms with Gasteiger partial charge in [0, 0.05) is 25.2 Å². The average molecular weight is 686 g/mol. The van der Waals surface area contributed by atoms with Crippen molar-refractivity contribution in [1.82, 2.24) is 15.2 Å². The summed E-state index contributed by atoms with van der Waals surface area (Å²) in [5, 5.41) is 3.13. The highest BCUT2D eigenvalue weighted by Gasteiger charge is 2.34. The van der Waals surface area contributed by atoms with Crippen molar-refractivity contribution in [1.29, 1.82) is 0 Å². The van der Waals surface area contributed by atoms with Gasteiger partial charge in [-0.15, -0.1) is 0 Å². The van der Waals surface area contributed by atoms with Crippen LogP contribution in [-0.4, -0.2) is 49.2 Å². The molecule has 0 fully saturated rings. The van der Waals surface area contributed by atoms with Gasteiger partial charge in [0.1, 0.15) is 17.6 Å². The summed E-state index contributed by atoms with van der Waals surface area (Å²) in [6.07, 6.45) is 3.67. The third kappa shape index (κ3) is 8.16. The second kappa shape index (κ2) is 15.3. The van der Waals surface area contributed by atoms with E-state index in [1.165, 1.54) is 17.2 Å². The molecule has 3 aromatic carbocycles. The highest BCUT2D eigenvalue weighted by atomic mass is 19.4. The summed E-state index contributed by atoms with van der Waals surface area (Å²) in [4.78, 5) is 30.9. The number of aromatic nitrogens is 1. The van der Waals surface area contributed by atoms with Crippen molar-refractivity contribution in [2.45, 2.75) is 38.4 Å². The van der Waals surface area contributed by atoms with Gasteiger partial charge in [-0.2, -0.15) is 13.2 Å². The Balaban J connectivity index is 1.29. The SMILES string of the molecule is C=C(/C=C(\C=C/C)OCCCN(C)C(=O)NC(C)(C=O)c1ccc2c(c1)OCO2)c1c(Cc2ccccc2)cnc2c(C(F)(F)F)cccc12. The molecule has 2 amide bonds. The number of amides is 2. The normalized spacial score (nSPS) is 14.0. The molecule has 0 aliphatic carbocycles. The molecular formula is C39H38F3N3O5. The maximum atomic E-state index is 14.0. The Labute approximate surface area is 288 Å². The van der Waals surface area contributed by atoms with Crippen LogP contribution in [0.25, 0.3) is 16.5 Å². The first kappa shape index (κ1) is 35.7. The van der Waals surface area contributed by atoms with Crippen molar-refractivity contribution in [2.75, 3.05) is 27.0 Å². The Kier molecular flexibility index (Phi) is 10.9. The molecule has 11 heteroatoms. The van der Waals surface area contributed by atoms with E-state index >= 15 is 0 Å². The number of allylic oxidation sites excluding steroid dienone is 4. The lowest BCUT2D eigenvalue weighted by Gasteiger charge is -2.28. The first-order valence-electron chi connectivity index (χ1n) is 16.0. The van der Waals surface area contributed by atoms with Gasteiger partial charge in [-0.05, 0) is 84.9 Å². The predicted molar refractivity (Wildman–Crippen MR) is 186 cm³/mol. The minimum atomic E-state index is -4.58. The van der Waals surface area contributed by atoms with Crippen LogP contribution in [0.2, 0.25) is 0 Å². The van der Waals surface area contributed by atoms with Gasteiger partial charge in [0.05, 0.1) is 17.7 Å². The smallest absolute Gasteiger partial charge is 0.418 e. The van der Waals surface area contributed by atoms with Gasteiger partial charge in [-0.1, -0.05) is 61.2 Å². The fraction of sp³-hybridized carbons (Fsp3) is 0.256. The lowest BCUT2D eigenvalue weighted by Crippen LogP contribution is -2.50. The number of alkyl halides is 3. The molecule has 8 nitrogen and oxygen atoms in total. The number of nitrogens with one attached hydrogen (secondary N) is 1. The molecule has 1 aromatic heterocycles. The molecule has 0 bridgehead atoms. The molecule has 0 spiro atoms. The van der Waals surface area contributed by atoms with Crippen LogP contribution in [0.15, 0.2) is 103 Å². The van der Waals surface area contributed by atoms with Gasteiger partial charge in [-0.3, -0.25) is 4.98 Å². The number of carbonyl (C=O) groups is 2. The Bertz CT molecular complexity index is 1940. The van der Waals surface area contributed by atoms with E-state index in [9.17, 15) is 22.8 Å². The fourth-order valence-corrected chi connectivity index (χ4v) is 5.67. The number of halogens is 3. The number of aldehydes is 1. The zero-order valence-corrected chi connectivity index (χ0v) is 28.0. The minimum absolute atomic E-state index is 0.0888. The quantitative estimate of drug-likeness (QED) is 0.0661. The van der Waals surface area contributed by atoms with E-state index < -0.39 is 23.3 Å². The zero-order valence-electron chi connectivity index (χ0n) is 28.0. The number of hydrogen-bond donors (Lipinski definition) is 1. The molecular weight excluding hydrogens is 647 g/mol. The monoisotopic (exact) mass is 685 g/mol. The van der Waals surface area contributed by atoms with E-state index in [-0.39, 0.29) is 18.9 Å². The van der Waals surface area contributed by atoms with Crippen molar-refractivity contribution < 1.29 is 37.0 Å². The summed E-state index contributed by atoms with van der Waals surface area (Å²) < 4.78 is 58.7. The molecule has 2 heterocycles. The van der Waals surface area contributed by atoms with Crippen LogP contribution in [0.4, 0.5) is 18.0 Å². The number of urea groups is 1. The maximum absolute atomic E-state index is 14.0. The fourth-order valence-electron chi connectivity index (χ4n) is 5.67. The predicted octanol–water partition coefficient (Wildman–Crippen LogP) is 8.21. The zero-order chi connectivity index (χ0) is 35.9. The van der Waals surface area contributed by atoms with Crippen LogP contribution >= 0.6 is 0 Å². The standard InChI is InChI=1S/C39H38F3N3O5/c1-5-11-30(48-19-10-18-45(4)37(47)44-38(3,24-46)29-16-17-33-34(22-29)50-25-49-33)20-26(2)35-28(21-27-12-7-6-8-13-27)23-43-36-31(35)14-9-15-32(36)39(40,41)42/h5-9,11-17,20,22-24H,2,10,18-19,21,25H2,1,3-4H3,(H,44,47)/b11-5-,30-20+. The average Bonchev–Trinajstić information content (AvgIpc) is 3.58. The molecule has 1 aliphatic rings. The Morgan fingerprint density at radius 2 is 1.84 bits per heavy atom. The summed E-state index contributed by atoms with van der Waals surface area (Å²) >= 11 is 0. The molecule has 1 N–H and O–H groups in total. The molecule has 4 aromatic rings. The second-order valence-corrected chi connectivity index (χ2v) is 12.0. The number of para-hydroxylation sites is 1. The van der Waals surface area contributed by atoms with E-state index in [2.05, 4.69) is 16.9 Å². The van der Waals surface area contributed by atoms with Crippen LogP contribution in [0.1, 0.15) is 48.1 Å². The minimum Gasteiger partial charge on any atom is -0.494 e. The molecule has 1 aliphatic heterocycles. The van der Waals surface area contributed by atoms with E-state index in [1.54, 1.807) is 56.5 Å². The van der Waals surface area contributed by atoms with Crippen LogP contribution in [0, 0.1) is 0 Å². The molecule has 0 saturated carbocycles. The van der Waals surface area contributed by atoms with Gasteiger partial charge in [0.25, 0.3) is 0 Å². The van der Waals surface area contributed by atoms with Gasteiger partial charge < -0.3 is 29.2 Å². The molecule has 1 atom stereocenters. The van der Waals surface area contributed by atoms with E-state index in [1.807, 2.05) is 37.3 Å². The van der Waals surface area contributed by atoms with Crippen molar-refractivity contribution >= 4 is 28.8 Å². The summed E-state index contributed by atoms with van der Waals surface area (Å²) in [6.45, 7) is 8.30. The second-order valence-electron chi connectivity index (χ2n) is 12.0. The lowest BCUT2D eigenvalue weighted by atomic mass is 9.92. The Morgan fingerprint density at radius 1 is 1.08 bits per heavy atom. The number of hydrogen-bond acceptors (Lipinski definition) is 6. The number of rotatable bonds is 13. The number of nitrogens with zero attached hydrogens (tertiary/aromatic N) is 2. The van der Waals surface area contributed by atoms with E-state index in [0.717, 1.165) is 17.2 Å². The third-order valence-electron chi connectivity index (χ3n) is 8.32. The van der Waals surface area contributed by atoms with Gasteiger partial charge in [0.2, 0.25) is 6.79 Å². The molecule has 0 saturated heterocycles. The molecule has 5 rings (SSSR count). The van der Waals surface area contributed by atoms with E-state index in [4.69, 9.17) is 14.2 Å². The summed E-state index contributed by atoms with van der Waals surface area (Å²) in [5.41, 5.74) is 0.980. The largest absolute Gasteiger partial charge is 0.494 e. The van der Waals surface area contributed by atoms with Crippen LogP contribution < -0.4 is 14.8 Å². The van der Waals surface area contributed by atoms with Crippen LogP contribution in [0.3, 0.4) is 0 Å². The maximum Gasteiger partial charge on any atom is 0.418 e. The van der Waals surface area contributed by atoms with Crippen molar-refractivity contribution in [3.8, 4) is 11.5 Å². The third-order valence-corrected chi connectivity index (χ3v) is 8.32. The topological polar surface area (TPSA) is 90.0 Å². The first-order chi connectivity index (χ1) is 23.9. The number of benzene rings is 3. The van der Waals surface area contributed by atoms with Gasteiger partial charge in [-0.25, -0.2) is 4.79 Å². The molecule has 50 heavy (non-hydrogen) atoms. The van der Waals surface area contributed by atoms with Gasteiger partial charge >= 0.3 is 12.2 Å². The number of ether oxygens (including phenoxy) is 3. The first-order valence-corrected chi connectivity index (χ1v) is 16.0. The number of fused-ring (bicyclic) bond motifs is 2. The number of pyridine rings is 1.